The number of nitrogens with two attached hydrogens (primary N) is 1. The van der Waals surface area contributed by atoms with E-state index >= 15 is 0 Å². The molecule has 2 aliphatic heterocycles. The van der Waals surface area contributed by atoms with Crippen molar-refractivity contribution >= 4 is 135 Å². The third kappa shape index (κ3) is 12.8. The molecule has 0 saturated carbocycles. The molecule has 3 aromatic carbocycles. The summed E-state index contributed by atoms with van der Waals surface area (Å²) >= 11 is 17.3. The molecule has 0 aliphatic carbocycles. The zero-order valence-corrected chi connectivity index (χ0v) is 43.2. The topological polar surface area (TPSA) is 247 Å². The van der Waals surface area contributed by atoms with Crippen LogP contribution in [0.4, 0.5) is 47.8 Å². The number of nitrogens with one attached hydrogen (secondary N) is 6. The Labute approximate surface area is 456 Å². The summed E-state index contributed by atoms with van der Waals surface area (Å²) in [7, 11) is 0. The number of hydrogen-bond acceptors (Lipinski definition) is 16. The molecule has 14 rings (SSSR count). The van der Waals surface area contributed by atoms with Crippen LogP contribution in [0, 0.1) is 17.5 Å². The van der Waals surface area contributed by atoms with Gasteiger partial charge in [-0.1, -0.05) is 11.6 Å². The number of morpholine rings is 2. The van der Waals surface area contributed by atoms with Gasteiger partial charge in [0.25, 0.3) is 0 Å². The van der Waals surface area contributed by atoms with E-state index in [2.05, 4.69) is 75.7 Å². The first-order valence-electron chi connectivity index (χ1n) is 24.1. The van der Waals surface area contributed by atoms with Gasteiger partial charge in [-0.3, -0.25) is 0 Å². The summed E-state index contributed by atoms with van der Waals surface area (Å²) in [5.74, 6) is 0.721. The van der Waals surface area contributed by atoms with Gasteiger partial charge in [0.15, 0.2) is 16.9 Å². The SMILES string of the molecule is C1COCCN1.Clc1nc(Cl)c2cccnc2n1.Fc1cc(Nc2nc(Cl)nc3ncccc23)cc2cc[nH]c12.Fc1cc(Nc2nc(N3CCOCC3)nc3ncccc23)cc2cc[nH]c12.Nc1cc(F)c2[nH]ccc2c1. The normalized spacial score (nSPS) is 13.2. The van der Waals surface area contributed by atoms with Crippen LogP contribution in [-0.2, 0) is 9.47 Å². The van der Waals surface area contributed by atoms with Crippen LogP contribution < -0.4 is 26.6 Å². The van der Waals surface area contributed by atoms with Gasteiger partial charge >= 0.3 is 0 Å². The van der Waals surface area contributed by atoms with Crippen molar-refractivity contribution in [1.82, 2.24) is 65.1 Å². The molecule has 25 heteroatoms. The Morgan fingerprint density at radius 2 is 0.974 bits per heavy atom. The number of nitrogen functional groups attached to an aromatic ring is 1. The van der Waals surface area contributed by atoms with Crippen LogP contribution >= 0.6 is 34.8 Å². The number of ether oxygens (including phenoxy) is 2. The van der Waals surface area contributed by atoms with Crippen LogP contribution in [0.25, 0.3) is 65.8 Å². The summed E-state index contributed by atoms with van der Waals surface area (Å²) in [6.45, 7) is 6.56. The molecule has 396 valence electrons. The number of anilines is 6. The molecule has 2 fully saturated rings. The minimum Gasteiger partial charge on any atom is -0.399 e. The quantitative estimate of drug-likeness (QED) is 0.0481. The smallest absolute Gasteiger partial charge is 0.229 e. The van der Waals surface area contributed by atoms with Crippen LogP contribution in [-0.4, -0.2) is 112 Å². The van der Waals surface area contributed by atoms with Crippen molar-refractivity contribution in [2.45, 2.75) is 0 Å². The molecule has 0 unspecified atom stereocenters. The van der Waals surface area contributed by atoms with Crippen molar-refractivity contribution in [2.75, 3.05) is 73.9 Å². The largest absolute Gasteiger partial charge is 0.399 e. The maximum Gasteiger partial charge on any atom is 0.229 e. The summed E-state index contributed by atoms with van der Waals surface area (Å²) in [6, 6.07) is 25.9. The van der Waals surface area contributed by atoms with Crippen molar-refractivity contribution < 1.29 is 22.6 Å². The highest BCUT2D eigenvalue weighted by Gasteiger charge is 2.18. The third-order valence-electron chi connectivity index (χ3n) is 11.8. The van der Waals surface area contributed by atoms with E-state index in [1.807, 2.05) is 36.4 Å². The Morgan fingerprint density at radius 3 is 1.50 bits per heavy atom. The second-order valence-corrected chi connectivity index (χ2v) is 18.1. The van der Waals surface area contributed by atoms with Crippen LogP contribution in [0.5, 0.6) is 0 Å². The van der Waals surface area contributed by atoms with E-state index in [9.17, 15) is 13.2 Å². The average Bonchev–Trinajstić information content (AvgIpc) is 4.31. The Balaban J connectivity index is 0.000000120. The van der Waals surface area contributed by atoms with Gasteiger partial charge < -0.3 is 51.0 Å². The number of pyridine rings is 3. The van der Waals surface area contributed by atoms with E-state index in [4.69, 9.17) is 55.0 Å². The van der Waals surface area contributed by atoms with Gasteiger partial charge in [-0.15, -0.1) is 0 Å². The number of aromatic nitrogens is 12. The van der Waals surface area contributed by atoms with E-state index in [0.29, 0.717) is 97.3 Å². The fourth-order valence-electron chi connectivity index (χ4n) is 8.22. The zero-order chi connectivity index (χ0) is 54.0. The van der Waals surface area contributed by atoms with Gasteiger partial charge in [-0.2, -0.15) is 24.9 Å². The molecule has 0 amide bonds. The molecule has 0 bridgehead atoms. The first-order chi connectivity index (χ1) is 38.0. The summed E-state index contributed by atoms with van der Waals surface area (Å²) in [5, 5.41) is 14.6. The highest BCUT2D eigenvalue weighted by atomic mass is 35.5. The summed E-state index contributed by atoms with van der Waals surface area (Å²) in [4.78, 5) is 48.3. The zero-order valence-electron chi connectivity index (χ0n) is 40.9. The molecule has 2 aliphatic rings. The van der Waals surface area contributed by atoms with Crippen molar-refractivity contribution in [3.8, 4) is 0 Å². The average molecular weight is 1120 g/mol. The molecule has 2 saturated heterocycles. The van der Waals surface area contributed by atoms with Gasteiger partial charge in [-0.05, 0) is 114 Å². The molecular weight excluding hydrogens is 1070 g/mol. The second kappa shape index (κ2) is 24.7. The lowest BCUT2D eigenvalue weighted by atomic mass is 10.2. The number of halogens is 6. The Bertz CT molecular complexity index is 4010. The molecule has 12 aromatic rings. The number of fused-ring (bicyclic) bond motifs is 6. The Hall–Kier alpha value is -8.51. The standard InChI is InChI=1S/C19H17FN6O.C15H9ClFN5.C8H7FN2.C7H3Cl2N3.C4H9NO/c20-15-11-13(10-12-3-5-21-16(12)15)23-18-14-2-1-4-22-17(14)24-19(25-18)26-6-8-27-9-7-26;16-15-21-13-10(2-1-4-19-13)14(22-15)20-9-6-8-3-5-18-12(8)11(17)7-9;9-7-4-6(10)3-5-1-2-11-8(5)7;8-5-4-2-1-3-10-6(4)12-7(9)11-5;1-3-6-4-2-5-1/h1-5,10-11,21H,6-9H2,(H,22,23,24,25);1-7,18H,(H,19,20,21,22);1-4,11H,10H2;1-3H;5H,1-4H2. The minimum atomic E-state index is -0.340. The molecule has 0 spiro atoms. The molecular formula is C53H45Cl3F3N17O2. The molecule has 9 aromatic heterocycles. The molecule has 0 atom stereocenters. The van der Waals surface area contributed by atoms with E-state index in [1.165, 1.54) is 18.2 Å². The number of benzene rings is 3. The third-order valence-corrected chi connectivity index (χ3v) is 12.4. The van der Waals surface area contributed by atoms with E-state index in [1.54, 1.807) is 73.6 Å². The Morgan fingerprint density at radius 1 is 0.513 bits per heavy atom. The fraction of sp³-hybridized carbons (Fsp3) is 0.151. The van der Waals surface area contributed by atoms with Gasteiger partial charge in [-0.25, -0.2) is 33.1 Å². The van der Waals surface area contributed by atoms with Crippen LogP contribution in [0.2, 0.25) is 15.7 Å². The summed E-state index contributed by atoms with van der Waals surface area (Å²) in [6.07, 6.45) is 10.1. The number of rotatable bonds is 5. The number of nitrogens with zero attached hydrogens (tertiary/aromatic N) is 10. The predicted octanol–water partition coefficient (Wildman–Crippen LogP) is 11.1. The lowest BCUT2D eigenvalue weighted by molar-refractivity contribution is 0.109. The number of H-pyrrole nitrogens is 3. The van der Waals surface area contributed by atoms with Gasteiger partial charge in [0, 0.05) is 96.6 Å². The lowest BCUT2D eigenvalue weighted by Crippen LogP contribution is -2.37. The summed E-state index contributed by atoms with van der Waals surface area (Å²) in [5.41, 5.74) is 10.1. The first kappa shape index (κ1) is 52.9. The fourth-order valence-corrected chi connectivity index (χ4v) is 8.82. The van der Waals surface area contributed by atoms with Crippen LogP contribution in [0.15, 0.2) is 128 Å². The van der Waals surface area contributed by atoms with Crippen LogP contribution in [0.1, 0.15) is 0 Å². The highest BCUT2D eigenvalue weighted by Crippen LogP contribution is 2.30. The number of aromatic amines is 3. The lowest BCUT2D eigenvalue weighted by Gasteiger charge is -2.27. The van der Waals surface area contributed by atoms with Gasteiger partial charge in [0.1, 0.15) is 34.2 Å². The second-order valence-electron chi connectivity index (χ2n) is 17.1. The highest BCUT2D eigenvalue weighted by molar-refractivity contribution is 6.35. The molecule has 0 radical (unpaired) electrons. The molecule has 11 heterocycles. The maximum absolute atomic E-state index is 14.3. The maximum atomic E-state index is 14.3. The van der Waals surface area contributed by atoms with Crippen molar-refractivity contribution in [2.24, 2.45) is 0 Å². The molecule has 78 heavy (non-hydrogen) atoms. The predicted molar refractivity (Wildman–Crippen MR) is 299 cm³/mol. The molecule has 8 N–H and O–H groups in total. The van der Waals surface area contributed by atoms with E-state index < -0.39 is 0 Å². The van der Waals surface area contributed by atoms with Crippen molar-refractivity contribution in [3.63, 3.8) is 0 Å². The summed E-state index contributed by atoms with van der Waals surface area (Å²) < 4.78 is 51.7. The monoisotopic (exact) mass is 1110 g/mol. The minimum absolute atomic E-state index is 0.0805. The van der Waals surface area contributed by atoms with Gasteiger partial charge in [0.05, 0.1) is 59.1 Å². The first-order valence-corrected chi connectivity index (χ1v) is 25.2. The van der Waals surface area contributed by atoms with Gasteiger partial charge in [0.2, 0.25) is 16.5 Å². The Kier molecular flexibility index (Phi) is 16.7. The van der Waals surface area contributed by atoms with E-state index in [0.717, 1.165) is 60.9 Å². The number of hydrogen-bond donors (Lipinski definition) is 7. The van der Waals surface area contributed by atoms with Crippen molar-refractivity contribution in [1.29, 1.82) is 0 Å². The van der Waals surface area contributed by atoms with E-state index in [-0.39, 0.29) is 28.0 Å². The van der Waals surface area contributed by atoms with Crippen molar-refractivity contribution in [3.05, 3.63) is 161 Å². The molecule has 19 nitrogen and oxygen atoms in total. The van der Waals surface area contributed by atoms with Crippen LogP contribution in [0.3, 0.4) is 0 Å².